The number of nitrogens with one attached hydrogen (secondary N) is 1. The number of fused-ring (bicyclic) bond motifs is 16. The lowest BCUT2D eigenvalue weighted by atomic mass is 9.64. The predicted octanol–water partition coefficient (Wildman–Crippen LogP) is 13.0. The number of H-pyrrole nitrogens is 1. The van der Waals surface area contributed by atoms with Gasteiger partial charge in [0, 0.05) is 38.3 Å². The molecule has 0 fully saturated rings. The summed E-state index contributed by atoms with van der Waals surface area (Å²) < 4.78 is 6.49. The summed E-state index contributed by atoms with van der Waals surface area (Å²) in [5, 5.41) is 4.82. The van der Waals surface area contributed by atoms with Crippen LogP contribution in [-0.4, -0.2) is 4.98 Å². The van der Waals surface area contributed by atoms with Crippen LogP contribution in [0.1, 0.15) is 22.3 Å². The molecule has 2 aliphatic rings. The van der Waals surface area contributed by atoms with Crippen LogP contribution in [0.5, 0.6) is 0 Å². The summed E-state index contributed by atoms with van der Waals surface area (Å²) in [6, 6.07) is 64.4. The molecule has 3 heteroatoms. The number of anilines is 3. The summed E-state index contributed by atoms with van der Waals surface area (Å²) in [4.78, 5) is 6.07. The molecule has 0 saturated carbocycles. The van der Waals surface area contributed by atoms with Gasteiger partial charge in [-0.3, -0.25) is 0 Å². The molecule has 12 rings (SSSR count). The van der Waals surface area contributed by atoms with Crippen molar-refractivity contribution in [2.75, 3.05) is 4.90 Å². The summed E-state index contributed by atoms with van der Waals surface area (Å²) in [6.45, 7) is 0. The third-order valence-corrected chi connectivity index (χ3v) is 11.6. The van der Waals surface area contributed by atoms with Crippen molar-refractivity contribution in [2.24, 2.45) is 0 Å². The lowest BCUT2D eigenvalue weighted by Crippen LogP contribution is -2.36. The Morgan fingerprint density at radius 3 is 2.04 bits per heavy atom. The first-order valence-corrected chi connectivity index (χ1v) is 17.9. The van der Waals surface area contributed by atoms with E-state index in [0.717, 1.165) is 33.3 Å². The van der Waals surface area contributed by atoms with Crippen molar-refractivity contribution in [2.45, 2.75) is 5.41 Å². The smallest absolute Gasteiger partial charge is 0.136 e. The quantitative estimate of drug-likeness (QED) is 0.200. The number of hydrogen-bond donors (Lipinski definition) is 1. The Labute approximate surface area is 300 Å². The van der Waals surface area contributed by atoms with Gasteiger partial charge in [0.1, 0.15) is 11.2 Å². The molecule has 0 radical (unpaired) electrons. The average Bonchev–Trinajstić information content (AvgIpc) is 3.86. The van der Waals surface area contributed by atoms with Crippen molar-refractivity contribution in [3.05, 3.63) is 198 Å². The molecule has 0 amide bonds. The molecule has 3 nitrogen and oxygen atoms in total. The van der Waals surface area contributed by atoms with Crippen LogP contribution in [-0.2, 0) is 5.41 Å². The molecule has 1 aliphatic heterocycles. The Balaban J connectivity index is 1.20. The summed E-state index contributed by atoms with van der Waals surface area (Å²) >= 11 is 0. The zero-order valence-electron chi connectivity index (χ0n) is 28.1. The van der Waals surface area contributed by atoms with Gasteiger partial charge in [0.2, 0.25) is 0 Å². The number of rotatable bonds is 2. The standard InChI is InChI=1S/C49H30N2O/c1-2-12-32(13-3-1)51-43-20-10-8-18-38(43)49(37-17-7-4-15-34(37)47-40(49)25-27-46-48(47)35-16-6-11-21-45(35)52-46)39-24-22-31(29-44(39)51)30-23-26-42-36(28-30)33-14-5-9-19-41(33)50-42/h1-29,50H. The second-order valence-corrected chi connectivity index (χ2v) is 14.1. The molecule has 1 spiro atoms. The van der Waals surface area contributed by atoms with E-state index in [1.54, 1.807) is 0 Å². The average molecular weight is 663 g/mol. The minimum atomic E-state index is -0.547. The highest BCUT2D eigenvalue weighted by atomic mass is 16.3. The minimum absolute atomic E-state index is 0.547. The van der Waals surface area contributed by atoms with Crippen LogP contribution in [0.2, 0.25) is 0 Å². The molecule has 1 aliphatic carbocycles. The van der Waals surface area contributed by atoms with Crippen molar-refractivity contribution in [1.29, 1.82) is 0 Å². The second-order valence-electron chi connectivity index (χ2n) is 14.1. The van der Waals surface area contributed by atoms with E-state index < -0.39 is 5.41 Å². The van der Waals surface area contributed by atoms with Gasteiger partial charge >= 0.3 is 0 Å². The third-order valence-electron chi connectivity index (χ3n) is 11.6. The van der Waals surface area contributed by atoms with E-state index in [1.165, 1.54) is 72.0 Å². The fourth-order valence-corrected chi connectivity index (χ4v) is 9.52. The number of benzene rings is 8. The molecule has 3 heterocycles. The zero-order valence-corrected chi connectivity index (χ0v) is 28.1. The van der Waals surface area contributed by atoms with Gasteiger partial charge in [-0.15, -0.1) is 0 Å². The van der Waals surface area contributed by atoms with E-state index in [-0.39, 0.29) is 0 Å². The summed E-state index contributed by atoms with van der Waals surface area (Å²) in [7, 11) is 0. The zero-order chi connectivity index (χ0) is 34.0. The topological polar surface area (TPSA) is 32.2 Å². The number of nitrogens with zero attached hydrogens (tertiary/aromatic N) is 1. The van der Waals surface area contributed by atoms with E-state index in [2.05, 4.69) is 186 Å². The Kier molecular flexibility index (Phi) is 5.43. The van der Waals surface area contributed by atoms with Crippen LogP contribution in [0, 0.1) is 0 Å². The molecule has 2 aromatic heterocycles. The fraction of sp³-hybridized carbons (Fsp3) is 0.0204. The summed E-state index contributed by atoms with van der Waals surface area (Å²) in [5.74, 6) is 0. The van der Waals surface area contributed by atoms with E-state index >= 15 is 0 Å². The lowest BCUT2D eigenvalue weighted by molar-refractivity contribution is 0.668. The van der Waals surface area contributed by atoms with E-state index in [0.29, 0.717) is 0 Å². The van der Waals surface area contributed by atoms with Crippen molar-refractivity contribution >= 4 is 60.8 Å². The highest BCUT2D eigenvalue weighted by Gasteiger charge is 2.52. The lowest BCUT2D eigenvalue weighted by Gasteiger charge is -2.45. The molecule has 1 atom stereocenters. The van der Waals surface area contributed by atoms with Gasteiger partial charge in [0.05, 0.1) is 16.8 Å². The number of hydrogen-bond acceptors (Lipinski definition) is 2. The van der Waals surface area contributed by atoms with Gasteiger partial charge in [-0.25, -0.2) is 0 Å². The molecular weight excluding hydrogens is 633 g/mol. The fourth-order valence-electron chi connectivity index (χ4n) is 9.52. The molecule has 1 unspecified atom stereocenters. The first kappa shape index (κ1) is 27.9. The van der Waals surface area contributed by atoms with Gasteiger partial charge in [-0.05, 0) is 99.1 Å². The molecule has 8 aromatic carbocycles. The highest BCUT2D eigenvalue weighted by Crippen LogP contribution is 2.65. The predicted molar refractivity (Wildman–Crippen MR) is 214 cm³/mol. The number of furan rings is 1. The highest BCUT2D eigenvalue weighted by molar-refractivity contribution is 6.16. The Hall–Kier alpha value is -6.84. The van der Waals surface area contributed by atoms with Crippen LogP contribution in [0.25, 0.3) is 66.0 Å². The van der Waals surface area contributed by atoms with Crippen LogP contribution < -0.4 is 4.90 Å². The molecular formula is C49H30N2O. The monoisotopic (exact) mass is 662 g/mol. The maximum Gasteiger partial charge on any atom is 0.136 e. The molecule has 1 N–H and O–H groups in total. The van der Waals surface area contributed by atoms with Gasteiger partial charge in [-0.1, -0.05) is 121 Å². The summed E-state index contributed by atoms with van der Waals surface area (Å²) in [5.41, 5.74) is 17.2. The van der Waals surface area contributed by atoms with Crippen LogP contribution in [0.15, 0.2) is 180 Å². The first-order valence-electron chi connectivity index (χ1n) is 17.9. The maximum atomic E-state index is 6.49. The Morgan fingerprint density at radius 2 is 1.12 bits per heavy atom. The molecule has 0 bridgehead atoms. The summed E-state index contributed by atoms with van der Waals surface area (Å²) in [6.07, 6.45) is 0. The molecule has 0 saturated heterocycles. The SMILES string of the molecule is c1ccc(N2c3ccccc3C3(c4ccccc4-c4c3ccc3oc5ccccc5c43)c3ccc(-c4ccc5[nH]c6ccccc6c5c4)cc32)cc1. The Bertz CT molecular complexity index is 3090. The number of para-hydroxylation sites is 4. The normalized spacial score (nSPS) is 15.7. The second kappa shape index (κ2) is 10.1. The number of aromatic amines is 1. The van der Waals surface area contributed by atoms with E-state index in [4.69, 9.17) is 4.42 Å². The molecule has 242 valence electrons. The number of aromatic nitrogens is 1. The van der Waals surface area contributed by atoms with Crippen LogP contribution in [0.4, 0.5) is 17.1 Å². The van der Waals surface area contributed by atoms with Crippen LogP contribution in [0.3, 0.4) is 0 Å². The van der Waals surface area contributed by atoms with Gasteiger partial charge in [-0.2, -0.15) is 0 Å². The van der Waals surface area contributed by atoms with Gasteiger partial charge in [0.15, 0.2) is 0 Å². The van der Waals surface area contributed by atoms with Crippen LogP contribution >= 0.6 is 0 Å². The largest absolute Gasteiger partial charge is 0.456 e. The molecule has 10 aromatic rings. The first-order chi connectivity index (χ1) is 25.8. The maximum absolute atomic E-state index is 6.49. The molecule has 52 heavy (non-hydrogen) atoms. The van der Waals surface area contributed by atoms with Crippen molar-refractivity contribution in [3.63, 3.8) is 0 Å². The van der Waals surface area contributed by atoms with Crippen molar-refractivity contribution < 1.29 is 4.42 Å². The van der Waals surface area contributed by atoms with Gasteiger partial charge < -0.3 is 14.3 Å². The third kappa shape index (κ3) is 3.49. The van der Waals surface area contributed by atoms with E-state index in [9.17, 15) is 0 Å². The van der Waals surface area contributed by atoms with Gasteiger partial charge in [0.25, 0.3) is 0 Å². The van der Waals surface area contributed by atoms with Crippen molar-refractivity contribution in [1.82, 2.24) is 4.98 Å². The Morgan fingerprint density at radius 1 is 0.442 bits per heavy atom. The van der Waals surface area contributed by atoms with Crippen molar-refractivity contribution in [3.8, 4) is 22.3 Å². The van der Waals surface area contributed by atoms with E-state index in [1.807, 2.05) is 0 Å². The minimum Gasteiger partial charge on any atom is -0.456 e.